The standard InChI is InChI=1S/C12H13N3/c1-14-7-11-10(8-15-12(11)13)9-5-3-2-4-6-9/h2-8,15H,13H2,1H3. The Bertz CT molecular complexity index is 469. The van der Waals surface area contributed by atoms with Crippen molar-refractivity contribution in [3.63, 3.8) is 0 Å². The van der Waals surface area contributed by atoms with Crippen LogP contribution in [0.5, 0.6) is 0 Å². The number of aliphatic imine (C=N–C) groups is 1. The highest BCUT2D eigenvalue weighted by atomic mass is 14.8. The molecule has 2 rings (SSSR count). The molecule has 1 aromatic heterocycles. The van der Waals surface area contributed by atoms with Gasteiger partial charge in [0, 0.05) is 30.6 Å². The minimum Gasteiger partial charge on any atom is -0.385 e. The van der Waals surface area contributed by atoms with Gasteiger partial charge in [0.15, 0.2) is 0 Å². The van der Waals surface area contributed by atoms with Gasteiger partial charge in [-0.25, -0.2) is 0 Å². The zero-order chi connectivity index (χ0) is 10.7. The summed E-state index contributed by atoms with van der Waals surface area (Å²) in [4.78, 5) is 7.01. The normalized spacial score (nSPS) is 11.0. The maximum atomic E-state index is 5.82. The molecule has 2 aromatic rings. The van der Waals surface area contributed by atoms with Crippen molar-refractivity contribution in [1.29, 1.82) is 0 Å². The Hall–Kier alpha value is -2.03. The summed E-state index contributed by atoms with van der Waals surface area (Å²) >= 11 is 0. The van der Waals surface area contributed by atoms with E-state index in [0.29, 0.717) is 5.82 Å². The molecule has 1 aromatic carbocycles. The summed E-state index contributed by atoms with van der Waals surface area (Å²) in [6.45, 7) is 0. The average Bonchev–Trinajstić information content (AvgIpc) is 2.63. The maximum Gasteiger partial charge on any atom is 0.110 e. The summed E-state index contributed by atoms with van der Waals surface area (Å²) in [5, 5.41) is 0. The smallest absolute Gasteiger partial charge is 0.110 e. The van der Waals surface area contributed by atoms with Crippen molar-refractivity contribution < 1.29 is 0 Å². The van der Waals surface area contributed by atoms with Gasteiger partial charge in [0.05, 0.1) is 0 Å². The second kappa shape index (κ2) is 4.00. The monoisotopic (exact) mass is 199 g/mol. The molecule has 3 N–H and O–H groups in total. The number of nitrogens with two attached hydrogens (primary N) is 1. The first-order chi connectivity index (χ1) is 7.33. The second-order valence-corrected chi connectivity index (χ2v) is 3.28. The van der Waals surface area contributed by atoms with Gasteiger partial charge >= 0.3 is 0 Å². The molecule has 3 heteroatoms. The number of nitrogen functional groups attached to an aromatic ring is 1. The molecule has 0 unspecified atom stereocenters. The quantitative estimate of drug-likeness (QED) is 0.716. The molecule has 0 aliphatic heterocycles. The van der Waals surface area contributed by atoms with Crippen LogP contribution in [0.25, 0.3) is 11.1 Å². The number of H-pyrrole nitrogens is 1. The number of anilines is 1. The zero-order valence-corrected chi connectivity index (χ0v) is 8.57. The first kappa shape index (κ1) is 9.52. The Balaban J connectivity index is 2.54. The van der Waals surface area contributed by atoms with Crippen LogP contribution in [0.4, 0.5) is 5.82 Å². The molecule has 0 amide bonds. The van der Waals surface area contributed by atoms with Crippen LogP contribution >= 0.6 is 0 Å². The first-order valence-electron chi connectivity index (χ1n) is 4.77. The highest BCUT2D eigenvalue weighted by Gasteiger charge is 2.07. The van der Waals surface area contributed by atoms with Crippen molar-refractivity contribution in [2.75, 3.05) is 12.8 Å². The molecule has 15 heavy (non-hydrogen) atoms. The van der Waals surface area contributed by atoms with Gasteiger partial charge in [-0.05, 0) is 5.56 Å². The topological polar surface area (TPSA) is 54.2 Å². The lowest BCUT2D eigenvalue weighted by Crippen LogP contribution is -1.91. The fourth-order valence-electron chi connectivity index (χ4n) is 1.58. The number of aromatic amines is 1. The maximum absolute atomic E-state index is 5.82. The van der Waals surface area contributed by atoms with E-state index in [0.717, 1.165) is 16.7 Å². The van der Waals surface area contributed by atoms with E-state index in [1.807, 2.05) is 24.4 Å². The molecule has 0 aliphatic rings. The van der Waals surface area contributed by atoms with Crippen molar-refractivity contribution in [2.45, 2.75) is 0 Å². The van der Waals surface area contributed by atoms with E-state index < -0.39 is 0 Å². The third-order valence-electron chi connectivity index (χ3n) is 2.30. The highest BCUT2D eigenvalue weighted by molar-refractivity contribution is 5.95. The van der Waals surface area contributed by atoms with Crippen LogP contribution in [-0.2, 0) is 0 Å². The molecule has 0 atom stereocenters. The van der Waals surface area contributed by atoms with Crippen molar-refractivity contribution in [3.05, 3.63) is 42.1 Å². The van der Waals surface area contributed by atoms with Crippen molar-refractivity contribution >= 4 is 12.0 Å². The fraction of sp³-hybridized carbons (Fsp3) is 0.0833. The Morgan fingerprint density at radius 1 is 1.27 bits per heavy atom. The van der Waals surface area contributed by atoms with E-state index in [4.69, 9.17) is 5.73 Å². The Kier molecular flexibility index (Phi) is 2.54. The van der Waals surface area contributed by atoms with Gasteiger partial charge in [0.2, 0.25) is 0 Å². The third kappa shape index (κ3) is 1.76. The number of aromatic nitrogens is 1. The molecule has 1 heterocycles. The Labute approximate surface area is 88.7 Å². The lowest BCUT2D eigenvalue weighted by Gasteiger charge is -1.99. The van der Waals surface area contributed by atoms with Crippen LogP contribution in [0.3, 0.4) is 0 Å². The first-order valence-corrected chi connectivity index (χ1v) is 4.77. The van der Waals surface area contributed by atoms with Crippen molar-refractivity contribution in [3.8, 4) is 11.1 Å². The predicted molar refractivity (Wildman–Crippen MR) is 64.2 cm³/mol. The largest absolute Gasteiger partial charge is 0.385 e. The summed E-state index contributed by atoms with van der Waals surface area (Å²) in [5.41, 5.74) is 8.99. The number of nitrogens with one attached hydrogen (secondary N) is 1. The van der Waals surface area contributed by atoms with E-state index in [2.05, 4.69) is 22.1 Å². The molecule has 0 bridgehead atoms. The SMILES string of the molecule is CN=Cc1c(-c2ccccc2)c[nH]c1N. The van der Waals surface area contributed by atoms with Gasteiger partial charge in [-0.2, -0.15) is 0 Å². The Morgan fingerprint density at radius 3 is 2.67 bits per heavy atom. The van der Waals surface area contributed by atoms with Crippen LogP contribution in [0.1, 0.15) is 5.56 Å². The van der Waals surface area contributed by atoms with Crippen LogP contribution < -0.4 is 5.73 Å². The van der Waals surface area contributed by atoms with Crippen LogP contribution in [0, 0.1) is 0 Å². The minimum atomic E-state index is 0.652. The third-order valence-corrected chi connectivity index (χ3v) is 2.30. The molecule has 0 radical (unpaired) electrons. The molecule has 0 spiro atoms. The molecule has 0 fully saturated rings. The number of nitrogens with zero attached hydrogens (tertiary/aromatic N) is 1. The summed E-state index contributed by atoms with van der Waals surface area (Å²) in [6, 6.07) is 10.1. The molecule has 76 valence electrons. The van der Waals surface area contributed by atoms with Gasteiger partial charge < -0.3 is 10.7 Å². The minimum absolute atomic E-state index is 0.652. The van der Waals surface area contributed by atoms with E-state index in [1.54, 1.807) is 13.3 Å². The van der Waals surface area contributed by atoms with Gasteiger partial charge in [0.1, 0.15) is 5.82 Å². The number of rotatable bonds is 2. The highest BCUT2D eigenvalue weighted by Crippen LogP contribution is 2.25. The molecular formula is C12H13N3. The second-order valence-electron chi connectivity index (χ2n) is 3.28. The van der Waals surface area contributed by atoms with Gasteiger partial charge in [-0.1, -0.05) is 30.3 Å². The summed E-state index contributed by atoms with van der Waals surface area (Å²) in [7, 11) is 1.74. The van der Waals surface area contributed by atoms with Crippen LogP contribution in [0.2, 0.25) is 0 Å². The average molecular weight is 199 g/mol. The Morgan fingerprint density at radius 2 is 2.00 bits per heavy atom. The number of benzene rings is 1. The van der Waals surface area contributed by atoms with Gasteiger partial charge in [-0.3, -0.25) is 4.99 Å². The van der Waals surface area contributed by atoms with Crippen LogP contribution in [0.15, 0.2) is 41.5 Å². The summed E-state index contributed by atoms with van der Waals surface area (Å²) in [5.74, 6) is 0.652. The van der Waals surface area contributed by atoms with Crippen molar-refractivity contribution in [2.24, 2.45) is 4.99 Å². The van der Waals surface area contributed by atoms with Gasteiger partial charge in [0.25, 0.3) is 0 Å². The molecular weight excluding hydrogens is 186 g/mol. The molecule has 0 saturated heterocycles. The number of hydrogen-bond acceptors (Lipinski definition) is 2. The van der Waals surface area contributed by atoms with E-state index in [-0.39, 0.29) is 0 Å². The fourth-order valence-corrected chi connectivity index (χ4v) is 1.58. The molecule has 0 saturated carbocycles. The molecule has 0 aliphatic carbocycles. The summed E-state index contributed by atoms with van der Waals surface area (Å²) in [6.07, 6.45) is 3.68. The zero-order valence-electron chi connectivity index (χ0n) is 8.57. The predicted octanol–water partition coefficient (Wildman–Crippen LogP) is 2.31. The number of hydrogen-bond donors (Lipinski definition) is 2. The van der Waals surface area contributed by atoms with Crippen LogP contribution in [-0.4, -0.2) is 18.2 Å². The molecule has 3 nitrogen and oxygen atoms in total. The van der Waals surface area contributed by atoms with Gasteiger partial charge in [-0.15, -0.1) is 0 Å². The summed E-state index contributed by atoms with van der Waals surface area (Å²) < 4.78 is 0. The van der Waals surface area contributed by atoms with E-state index in [9.17, 15) is 0 Å². The van der Waals surface area contributed by atoms with Crippen molar-refractivity contribution in [1.82, 2.24) is 4.98 Å². The lowest BCUT2D eigenvalue weighted by molar-refractivity contribution is 1.41. The van der Waals surface area contributed by atoms with E-state index in [1.165, 1.54) is 0 Å². The van der Waals surface area contributed by atoms with E-state index >= 15 is 0 Å². The lowest BCUT2D eigenvalue weighted by atomic mass is 10.1.